The summed E-state index contributed by atoms with van der Waals surface area (Å²) >= 11 is 1.69. The number of ether oxygens (including phenoxy) is 4. The minimum atomic E-state index is -0.0747. The zero-order valence-corrected chi connectivity index (χ0v) is 18.7. The van der Waals surface area contributed by atoms with Crippen molar-refractivity contribution in [2.24, 2.45) is 0 Å². The highest BCUT2D eigenvalue weighted by molar-refractivity contribution is 7.10. The first-order valence-corrected chi connectivity index (χ1v) is 11.3. The second-order valence-electron chi connectivity index (χ2n) is 7.66. The molecule has 3 aromatic rings. The molecule has 2 aliphatic rings. The standard InChI is InChI=1S/C24H24N2O5S/c1-28-19-10-15-7-8-26(24(22-4-3-9-32-22)17(15)12-20(19)29-2)13-23(27)25-16-5-6-18-21(11-16)31-14-30-18/h3-6,9-12,24H,7-8,13-14H2,1-2H3,(H,25,27)/t24-/m0/s1. The number of nitrogens with one attached hydrogen (secondary N) is 1. The van der Waals surface area contributed by atoms with Crippen LogP contribution in [0.4, 0.5) is 5.69 Å². The molecule has 1 amide bonds. The van der Waals surface area contributed by atoms with E-state index in [-0.39, 0.29) is 25.3 Å². The Morgan fingerprint density at radius 3 is 2.72 bits per heavy atom. The van der Waals surface area contributed by atoms with Gasteiger partial charge in [-0.05, 0) is 53.3 Å². The number of carbonyl (C=O) groups is 1. The Balaban J connectivity index is 1.40. The van der Waals surface area contributed by atoms with Crippen molar-refractivity contribution in [2.75, 3.05) is 39.4 Å². The average molecular weight is 453 g/mol. The van der Waals surface area contributed by atoms with Crippen LogP contribution >= 0.6 is 11.3 Å². The number of carbonyl (C=O) groups excluding carboxylic acids is 1. The third-order valence-electron chi connectivity index (χ3n) is 5.79. The molecule has 0 unspecified atom stereocenters. The summed E-state index contributed by atoms with van der Waals surface area (Å²) in [4.78, 5) is 16.4. The monoisotopic (exact) mass is 452 g/mol. The fourth-order valence-corrected chi connectivity index (χ4v) is 5.18. The highest BCUT2D eigenvalue weighted by atomic mass is 32.1. The summed E-state index contributed by atoms with van der Waals surface area (Å²) < 4.78 is 21.8. The molecular weight excluding hydrogens is 428 g/mol. The maximum Gasteiger partial charge on any atom is 0.238 e. The summed E-state index contributed by atoms with van der Waals surface area (Å²) in [5.41, 5.74) is 3.05. The average Bonchev–Trinajstić information content (AvgIpc) is 3.49. The van der Waals surface area contributed by atoms with Gasteiger partial charge in [-0.25, -0.2) is 0 Å². The molecule has 8 heteroatoms. The largest absolute Gasteiger partial charge is 0.493 e. The first kappa shape index (κ1) is 20.7. The van der Waals surface area contributed by atoms with Crippen LogP contribution < -0.4 is 24.3 Å². The lowest BCUT2D eigenvalue weighted by Gasteiger charge is -2.37. The Bertz CT molecular complexity index is 1130. The van der Waals surface area contributed by atoms with E-state index >= 15 is 0 Å². The third kappa shape index (κ3) is 3.87. The number of nitrogens with zero attached hydrogens (tertiary/aromatic N) is 1. The van der Waals surface area contributed by atoms with Gasteiger partial charge in [-0.15, -0.1) is 11.3 Å². The molecule has 1 aromatic heterocycles. The van der Waals surface area contributed by atoms with Gasteiger partial charge in [0.2, 0.25) is 12.7 Å². The lowest BCUT2D eigenvalue weighted by atomic mass is 9.91. The number of hydrogen-bond acceptors (Lipinski definition) is 7. The molecule has 0 saturated carbocycles. The Hall–Kier alpha value is -3.23. The van der Waals surface area contributed by atoms with E-state index < -0.39 is 0 Å². The van der Waals surface area contributed by atoms with Crippen molar-refractivity contribution in [3.05, 3.63) is 63.8 Å². The predicted octanol–water partition coefficient (Wildman–Crippen LogP) is 4.08. The number of benzene rings is 2. The molecule has 1 atom stereocenters. The van der Waals surface area contributed by atoms with E-state index in [0.717, 1.165) is 24.3 Å². The van der Waals surface area contributed by atoms with E-state index in [1.807, 2.05) is 24.3 Å². The van der Waals surface area contributed by atoms with Crippen LogP contribution in [0.3, 0.4) is 0 Å². The minimum Gasteiger partial charge on any atom is -0.493 e. The number of rotatable bonds is 6. The van der Waals surface area contributed by atoms with Crippen LogP contribution in [0.1, 0.15) is 22.0 Å². The molecule has 5 rings (SSSR count). The quantitative estimate of drug-likeness (QED) is 0.608. The molecule has 32 heavy (non-hydrogen) atoms. The molecule has 7 nitrogen and oxygen atoms in total. The zero-order chi connectivity index (χ0) is 22.1. The maximum absolute atomic E-state index is 13.0. The number of methoxy groups -OCH3 is 2. The summed E-state index contributed by atoms with van der Waals surface area (Å²) in [5.74, 6) is 2.68. The van der Waals surface area contributed by atoms with E-state index in [2.05, 4.69) is 27.7 Å². The summed E-state index contributed by atoms with van der Waals surface area (Å²) in [6.45, 7) is 1.24. The highest BCUT2D eigenvalue weighted by Crippen LogP contribution is 2.42. The van der Waals surface area contributed by atoms with Crippen molar-refractivity contribution < 1.29 is 23.7 Å². The van der Waals surface area contributed by atoms with Gasteiger partial charge in [-0.3, -0.25) is 9.69 Å². The molecule has 0 saturated heterocycles. The van der Waals surface area contributed by atoms with E-state index in [9.17, 15) is 4.79 Å². The van der Waals surface area contributed by atoms with Gasteiger partial charge in [-0.2, -0.15) is 0 Å². The number of hydrogen-bond donors (Lipinski definition) is 1. The Morgan fingerprint density at radius 2 is 1.94 bits per heavy atom. The van der Waals surface area contributed by atoms with Crippen molar-refractivity contribution >= 4 is 22.9 Å². The molecule has 2 aromatic carbocycles. The first-order valence-electron chi connectivity index (χ1n) is 10.4. The predicted molar refractivity (Wildman–Crippen MR) is 122 cm³/mol. The molecule has 0 aliphatic carbocycles. The fraction of sp³-hybridized carbons (Fsp3) is 0.292. The van der Waals surface area contributed by atoms with E-state index in [1.165, 1.54) is 10.4 Å². The molecule has 0 radical (unpaired) electrons. The number of fused-ring (bicyclic) bond motifs is 2. The lowest BCUT2D eigenvalue weighted by molar-refractivity contribution is -0.117. The SMILES string of the molecule is COc1cc2c(cc1OC)[C@@H](c1cccs1)N(CC(=O)Nc1ccc3c(c1)OCO3)CC2. The molecule has 0 spiro atoms. The Morgan fingerprint density at radius 1 is 1.12 bits per heavy atom. The molecule has 2 aliphatic heterocycles. The zero-order valence-electron chi connectivity index (χ0n) is 17.9. The van der Waals surface area contributed by atoms with Gasteiger partial charge >= 0.3 is 0 Å². The molecular formula is C24H24N2O5S. The van der Waals surface area contributed by atoms with E-state index in [0.29, 0.717) is 22.9 Å². The number of amides is 1. The van der Waals surface area contributed by atoms with Gasteiger partial charge in [-0.1, -0.05) is 6.07 Å². The van der Waals surface area contributed by atoms with Gasteiger partial charge < -0.3 is 24.3 Å². The molecule has 1 N–H and O–H groups in total. The molecule has 3 heterocycles. The van der Waals surface area contributed by atoms with Gasteiger partial charge in [0.05, 0.1) is 26.8 Å². The summed E-state index contributed by atoms with van der Waals surface area (Å²) in [6, 6.07) is 13.7. The van der Waals surface area contributed by atoms with Crippen molar-refractivity contribution in [2.45, 2.75) is 12.5 Å². The highest BCUT2D eigenvalue weighted by Gasteiger charge is 2.32. The van der Waals surface area contributed by atoms with Crippen LogP contribution in [0.15, 0.2) is 47.8 Å². The maximum atomic E-state index is 13.0. The van der Waals surface area contributed by atoms with Gasteiger partial charge in [0, 0.05) is 23.2 Å². The molecule has 0 fully saturated rings. The topological polar surface area (TPSA) is 69.3 Å². The first-order chi connectivity index (χ1) is 15.7. The van der Waals surface area contributed by atoms with Gasteiger partial charge in [0.1, 0.15) is 0 Å². The second-order valence-corrected chi connectivity index (χ2v) is 8.64. The van der Waals surface area contributed by atoms with Crippen LogP contribution in [0.25, 0.3) is 0 Å². The smallest absolute Gasteiger partial charge is 0.238 e. The normalized spacial score (nSPS) is 17.0. The van der Waals surface area contributed by atoms with Crippen LogP contribution in [0.5, 0.6) is 23.0 Å². The lowest BCUT2D eigenvalue weighted by Crippen LogP contribution is -2.40. The Kier molecular flexibility index (Phi) is 5.63. The number of thiophene rings is 1. The van der Waals surface area contributed by atoms with Crippen LogP contribution in [0.2, 0.25) is 0 Å². The van der Waals surface area contributed by atoms with Crippen molar-refractivity contribution in [3.8, 4) is 23.0 Å². The fourth-order valence-electron chi connectivity index (χ4n) is 4.31. The van der Waals surface area contributed by atoms with Crippen molar-refractivity contribution in [3.63, 3.8) is 0 Å². The van der Waals surface area contributed by atoms with Crippen LogP contribution in [0, 0.1) is 0 Å². The van der Waals surface area contributed by atoms with Gasteiger partial charge in [0.15, 0.2) is 23.0 Å². The van der Waals surface area contributed by atoms with Crippen molar-refractivity contribution in [1.29, 1.82) is 0 Å². The van der Waals surface area contributed by atoms with Crippen LogP contribution in [-0.2, 0) is 11.2 Å². The van der Waals surface area contributed by atoms with Crippen molar-refractivity contribution in [1.82, 2.24) is 4.90 Å². The summed E-state index contributed by atoms with van der Waals surface area (Å²) in [7, 11) is 3.29. The Labute approximate surface area is 190 Å². The molecule has 0 bridgehead atoms. The molecule has 166 valence electrons. The second kappa shape index (κ2) is 8.72. The van der Waals surface area contributed by atoms with E-state index in [4.69, 9.17) is 18.9 Å². The number of anilines is 1. The summed E-state index contributed by atoms with van der Waals surface area (Å²) in [6.07, 6.45) is 0.828. The van der Waals surface area contributed by atoms with Gasteiger partial charge in [0.25, 0.3) is 0 Å². The third-order valence-corrected chi connectivity index (χ3v) is 6.71. The minimum absolute atomic E-state index is 0.0268. The van der Waals surface area contributed by atoms with E-state index in [1.54, 1.807) is 31.6 Å². The van der Waals surface area contributed by atoms with Crippen LogP contribution in [-0.4, -0.2) is 44.9 Å². The summed E-state index contributed by atoms with van der Waals surface area (Å²) in [5, 5.41) is 5.06.